The second-order valence-electron chi connectivity index (χ2n) is 6.27. The molecule has 0 saturated carbocycles. The summed E-state index contributed by atoms with van der Waals surface area (Å²) in [5, 5.41) is 0.945. The molecule has 2 aliphatic rings. The number of halogens is 2. The molecule has 4 heterocycles. The van der Waals surface area contributed by atoms with Gasteiger partial charge in [-0.3, -0.25) is 0 Å². The Balaban J connectivity index is 0.000000187. The molecule has 2 atom stereocenters. The molecule has 5 nitrogen and oxygen atoms in total. The topological polar surface area (TPSA) is 61.3 Å². The predicted molar refractivity (Wildman–Crippen MR) is 107 cm³/mol. The van der Waals surface area contributed by atoms with Crippen molar-refractivity contribution in [2.75, 3.05) is 13.2 Å². The number of nitrogens with zero attached hydrogens (tertiary/aromatic N) is 2. The highest BCUT2D eigenvalue weighted by Crippen LogP contribution is 2.31. The normalized spacial score (nSPS) is 20.0. The van der Waals surface area contributed by atoms with E-state index in [9.17, 15) is 4.79 Å². The van der Waals surface area contributed by atoms with Gasteiger partial charge in [-0.2, -0.15) is 0 Å². The van der Waals surface area contributed by atoms with E-state index in [4.69, 9.17) is 32.7 Å². The van der Waals surface area contributed by atoms with Gasteiger partial charge in [-0.05, 0) is 24.3 Å². The van der Waals surface area contributed by atoms with Crippen molar-refractivity contribution in [3.8, 4) is 0 Å². The van der Waals surface area contributed by atoms with E-state index in [0.717, 1.165) is 17.0 Å². The van der Waals surface area contributed by atoms with E-state index in [2.05, 4.69) is 23.5 Å². The summed E-state index contributed by atoms with van der Waals surface area (Å²) in [4.78, 5) is 19.6. The number of rotatable bonds is 0. The number of fused-ring (bicyclic) bond motifs is 2. The van der Waals surface area contributed by atoms with Crippen LogP contribution in [0, 0.1) is 0 Å². The fraction of sp³-hybridized carbons (Fsp3) is 0.350. The van der Waals surface area contributed by atoms with Gasteiger partial charge in [0.05, 0.1) is 30.2 Å². The van der Waals surface area contributed by atoms with Crippen LogP contribution >= 0.6 is 23.2 Å². The number of carbonyl (C=O) groups excluding carboxylic acids is 1. The van der Waals surface area contributed by atoms with Crippen LogP contribution in [0.3, 0.4) is 0 Å². The molecular weight excluding hydrogens is 387 g/mol. The lowest BCUT2D eigenvalue weighted by molar-refractivity contribution is 0.0445. The van der Waals surface area contributed by atoms with E-state index in [1.54, 1.807) is 18.2 Å². The molecule has 0 bridgehead atoms. The first kappa shape index (κ1) is 21.2. The Labute approximate surface area is 169 Å². The first-order chi connectivity index (χ1) is 12.4. The van der Waals surface area contributed by atoms with Crippen LogP contribution in [0.5, 0.6) is 0 Å². The molecule has 0 aliphatic carbocycles. The maximum atomic E-state index is 11.2. The molecule has 4 rings (SSSR count). The quantitative estimate of drug-likeness (QED) is 0.426. The fourth-order valence-corrected chi connectivity index (χ4v) is 3.11. The van der Waals surface area contributed by atoms with Crippen molar-refractivity contribution in [2.24, 2.45) is 0 Å². The second-order valence-corrected chi connectivity index (χ2v) is 7.04. The zero-order chi connectivity index (χ0) is 18.8. The first-order valence-corrected chi connectivity index (χ1v) is 8.94. The highest BCUT2D eigenvalue weighted by molar-refractivity contribution is 6.29. The maximum Gasteiger partial charge on any atom is 0.340 e. The average molecular weight is 409 g/mol. The van der Waals surface area contributed by atoms with Gasteiger partial charge in [-0.25, -0.2) is 14.8 Å². The molecule has 0 spiro atoms. The van der Waals surface area contributed by atoms with Gasteiger partial charge in [0.1, 0.15) is 16.1 Å². The first-order valence-electron chi connectivity index (χ1n) is 8.19. The van der Waals surface area contributed by atoms with Crippen LogP contribution in [0.1, 0.15) is 60.4 Å². The van der Waals surface area contributed by atoms with Crippen LogP contribution in [0.15, 0.2) is 30.8 Å². The molecule has 7 heteroatoms. The van der Waals surface area contributed by atoms with Gasteiger partial charge < -0.3 is 9.47 Å². The smallest absolute Gasteiger partial charge is 0.340 e. The van der Waals surface area contributed by atoms with E-state index in [1.807, 2.05) is 13.0 Å². The summed E-state index contributed by atoms with van der Waals surface area (Å²) in [6.07, 6.45) is 0. The van der Waals surface area contributed by atoms with E-state index >= 15 is 0 Å². The largest absolute Gasteiger partial charge is 0.493 e. The van der Waals surface area contributed by atoms with Crippen molar-refractivity contribution < 1.29 is 14.3 Å². The summed E-state index contributed by atoms with van der Waals surface area (Å²) in [7, 11) is 0. The summed E-state index contributed by atoms with van der Waals surface area (Å²) < 4.78 is 10.3. The van der Waals surface area contributed by atoms with Gasteiger partial charge >= 0.3 is 5.97 Å². The van der Waals surface area contributed by atoms with E-state index in [0.29, 0.717) is 40.8 Å². The molecule has 2 aromatic rings. The van der Waals surface area contributed by atoms with Gasteiger partial charge in [0.15, 0.2) is 0 Å². The van der Waals surface area contributed by atoms with Crippen molar-refractivity contribution in [3.63, 3.8) is 0 Å². The lowest BCUT2D eigenvalue weighted by Gasteiger charge is -2.23. The molecule has 0 amide bonds. The molecule has 27 heavy (non-hydrogen) atoms. The average Bonchev–Trinajstić information content (AvgIpc) is 2.62. The number of pyridine rings is 2. The molecule has 0 unspecified atom stereocenters. The Morgan fingerprint density at radius 1 is 0.926 bits per heavy atom. The summed E-state index contributed by atoms with van der Waals surface area (Å²) in [5.41, 5.74) is 3.24. The number of hydrogen-bond acceptors (Lipinski definition) is 5. The highest BCUT2D eigenvalue weighted by atomic mass is 35.5. The van der Waals surface area contributed by atoms with Gasteiger partial charge in [-0.15, -0.1) is 0 Å². The number of esters is 1. The summed E-state index contributed by atoms with van der Waals surface area (Å²) in [6.45, 7) is 8.86. The van der Waals surface area contributed by atoms with Crippen molar-refractivity contribution in [3.05, 3.63) is 63.7 Å². The number of cyclic esters (lactones) is 1. The number of aromatic nitrogens is 2. The van der Waals surface area contributed by atoms with E-state index in [1.165, 1.54) is 0 Å². The minimum Gasteiger partial charge on any atom is -0.493 e. The minimum absolute atomic E-state index is 0. The SMILES string of the molecule is C.C=C1OC[C@@H](C)c2nc(Cl)ccc21.C[C@H]1COC(=O)c2ccc(Cl)nc21. The van der Waals surface area contributed by atoms with E-state index in [-0.39, 0.29) is 19.3 Å². The molecule has 0 aromatic carbocycles. The highest BCUT2D eigenvalue weighted by Gasteiger charge is 2.25. The van der Waals surface area contributed by atoms with Crippen LogP contribution in [0.2, 0.25) is 10.3 Å². The second kappa shape index (κ2) is 8.72. The van der Waals surface area contributed by atoms with Crippen LogP contribution in [-0.4, -0.2) is 29.2 Å². The summed E-state index contributed by atoms with van der Waals surface area (Å²) in [6, 6.07) is 6.91. The maximum absolute atomic E-state index is 11.2. The predicted octanol–water partition coefficient (Wildman–Crippen LogP) is 5.48. The number of carbonyl (C=O) groups is 1. The van der Waals surface area contributed by atoms with Crippen molar-refractivity contribution in [1.82, 2.24) is 9.97 Å². The lowest BCUT2D eigenvalue weighted by Crippen LogP contribution is -2.22. The van der Waals surface area contributed by atoms with Crippen LogP contribution in [0.25, 0.3) is 5.76 Å². The molecule has 2 aliphatic heterocycles. The van der Waals surface area contributed by atoms with Crippen LogP contribution in [-0.2, 0) is 9.47 Å². The Morgan fingerprint density at radius 2 is 1.41 bits per heavy atom. The van der Waals surface area contributed by atoms with Gasteiger partial charge in [-0.1, -0.05) is 51.1 Å². The van der Waals surface area contributed by atoms with Crippen molar-refractivity contribution in [2.45, 2.75) is 33.1 Å². The Kier molecular flexibility index (Phi) is 6.84. The molecule has 144 valence electrons. The molecule has 0 radical (unpaired) electrons. The van der Waals surface area contributed by atoms with Crippen molar-refractivity contribution in [1.29, 1.82) is 0 Å². The zero-order valence-electron chi connectivity index (χ0n) is 14.5. The summed E-state index contributed by atoms with van der Waals surface area (Å²) in [5.74, 6) is 0.806. The monoisotopic (exact) mass is 408 g/mol. The molecular formula is C20H22Cl2N2O3. The Morgan fingerprint density at radius 3 is 2.00 bits per heavy atom. The molecule has 0 N–H and O–H groups in total. The molecule has 2 aromatic heterocycles. The Bertz CT molecular complexity index is 799. The number of hydrogen-bond donors (Lipinski definition) is 0. The van der Waals surface area contributed by atoms with E-state index < -0.39 is 0 Å². The third kappa shape index (κ3) is 4.60. The summed E-state index contributed by atoms with van der Waals surface area (Å²) >= 11 is 11.5. The Hall–Kier alpha value is -2.11. The van der Waals surface area contributed by atoms with Gasteiger partial charge in [0, 0.05) is 17.4 Å². The minimum atomic E-state index is -0.308. The van der Waals surface area contributed by atoms with Crippen LogP contribution < -0.4 is 0 Å². The third-order valence-corrected chi connectivity index (χ3v) is 4.63. The molecule has 0 saturated heterocycles. The van der Waals surface area contributed by atoms with Crippen molar-refractivity contribution >= 4 is 34.9 Å². The molecule has 0 fully saturated rings. The van der Waals surface area contributed by atoms with Gasteiger partial charge in [0.2, 0.25) is 0 Å². The van der Waals surface area contributed by atoms with Gasteiger partial charge in [0.25, 0.3) is 0 Å². The standard InChI is InChI=1S/C10H10ClNO.C9H8ClNO2.CH4/c1-6-5-13-7(2)8-3-4-9(11)12-10(6)8;1-5-4-13-9(12)6-2-3-7(10)11-8(5)6;/h3-4,6H,2,5H2,1H3;2-3,5H,4H2,1H3;1H4/t6-;5-;/m10./s1. The fourth-order valence-electron chi connectivity index (χ4n) is 2.80. The lowest BCUT2D eigenvalue weighted by atomic mass is 9.99. The third-order valence-electron chi connectivity index (χ3n) is 4.21. The number of ether oxygens (including phenoxy) is 2. The zero-order valence-corrected chi connectivity index (χ0v) is 16.0. The van der Waals surface area contributed by atoms with Crippen LogP contribution in [0.4, 0.5) is 0 Å².